The zero-order chi connectivity index (χ0) is 31.7. The molecule has 1 saturated carbocycles. The molecule has 224 valence electrons. The molecule has 3 N–H and O–H groups in total. The summed E-state index contributed by atoms with van der Waals surface area (Å²) in [5, 5.41) is 5.42. The van der Waals surface area contributed by atoms with Gasteiger partial charge in [0, 0.05) is 16.6 Å². The molecule has 6 nitrogen and oxygen atoms in total. The summed E-state index contributed by atoms with van der Waals surface area (Å²) in [6.45, 7) is 5.37. The molecule has 2 atom stereocenters. The van der Waals surface area contributed by atoms with Gasteiger partial charge in [-0.1, -0.05) is 47.5 Å². The molecule has 3 rings (SSSR count). The number of allylic oxidation sites excluding steroid dienone is 5. The van der Waals surface area contributed by atoms with Crippen molar-refractivity contribution in [2.75, 3.05) is 16.0 Å². The summed E-state index contributed by atoms with van der Waals surface area (Å²) in [6.07, 6.45) is -0.620. The Balaban J connectivity index is 1.82. The molecule has 42 heavy (non-hydrogen) atoms. The fourth-order valence-corrected chi connectivity index (χ4v) is 4.87. The topological polar surface area (TPSA) is 87.3 Å². The maximum atomic E-state index is 14.7. The first-order valence-corrected chi connectivity index (χ1v) is 13.3. The molecule has 3 amide bonds. The number of benzene rings is 2. The predicted octanol–water partition coefficient (Wildman–Crippen LogP) is 8.39. The summed E-state index contributed by atoms with van der Waals surface area (Å²) in [5.41, 5.74) is -2.67. The molecular formula is C26H17Cl5F5N3O3. The van der Waals surface area contributed by atoms with Gasteiger partial charge < -0.3 is 16.0 Å². The largest absolute Gasteiger partial charge is 0.326 e. The summed E-state index contributed by atoms with van der Waals surface area (Å²) < 4.78 is 67.1. The second-order valence-corrected chi connectivity index (χ2v) is 11.6. The van der Waals surface area contributed by atoms with E-state index in [0.29, 0.717) is 22.7 Å². The van der Waals surface area contributed by atoms with Crippen LogP contribution < -0.4 is 16.0 Å². The molecule has 0 saturated heterocycles. The average Bonchev–Trinajstić information content (AvgIpc) is 3.49. The number of anilines is 3. The zero-order valence-electron chi connectivity index (χ0n) is 20.9. The van der Waals surface area contributed by atoms with Crippen LogP contribution in [0.15, 0.2) is 58.6 Å². The lowest BCUT2D eigenvalue weighted by atomic mass is 10.1. The highest BCUT2D eigenvalue weighted by Gasteiger charge is 2.67. The second kappa shape index (κ2) is 13.2. The predicted molar refractivity (Wildman–Crippen MR) is 153 cm³/mol. The van der Waals surface area contributed by atoms with Gasteiger partial charge in [0.1, 0.15) is 21.7 Å². The number of hydrogen-bond acceptors (Lipinski definition) is 3. The molecule has 0 radical (unpaired) electrons. The molecule has 0 heterocycles. The van der Waals surface area contributed by atoms with Crippen molar-refractivity contribution in [2.45, 2.75) is 17.7 Å². The number of halogens is 10. The third-order valence-electron chi connectivity index (χ3n) is 5.83. The van der Waals surface area contributed by atoms with E-state index in [4.69, 9.17) is 58.0 Å². The van der Waals surface area contributed by atoms with E-state index in [1.165, 1.54) is 17.5 Å². The Morgan fingerprint density at radius 1 is 0.976 bits per heavy atom. The smallest absolute Gasteiger partial charge is 0.315 e. The van der Waals surface area contributed by atoms with Gasteiger partial charge in [-0.05, 0) is 42.8 Å². The van der Waals surface area contributed by atoms with Crippen molar-refractivity contribution >= 4 is 92.8 Å². The van der Waals surface area contributed by atoms with Gasteiger partial charge in [0.15, 0.2) is 5.82 Å². The van der Waals surface area contributed by atoms with E-state index in [-0.39, 0.29) is 10.7 Å². The van der Waals surface area contributed by atoms with Crippen LogP contribution in [0.4, 0.5) is 39.0 Å². The SMILES string of the molecule is C=C(/C=C\C(Cl)=C(/C)Cl)[C@H]1[C@H](C(=O)Nc2cc(F)c(Cl)c(C(=O)Nc3c(F)ccc(NC(=O)C(F)F)c3F)c2)C1(Cl)Cl. The van der Waals surface area contributed by atoms with Crippen molar-refractivity contribution in [1.82, 2.24) is 0 Å². The van der Waals surface area contributed by atoms with Crippen LogP contribution in [-0.2, 0) is 9.59 Å². The Morgan fingerprint density at radius 2 is 1.62 bits per heavy atom. The number of carbonyl (C=O) groups is 3. The molecule has 1 aliphatic rings. The summed E-state index contributed by atoms with van der Waals surface area (Å²) in [4.78, 5) is 37.0. The van der Waals surface area contributed by atoms with E-state index in [2.05, 4.69) is 11.9 Å². The molecule has 0 aliphatic heterocycles. The minimum Gasteiger partial charge on any atom is -0.326 e. The molecule has 2 aromatic rings. The fraction of sp³-hybridized carbons (Fsp3) is 0.192. The average molecular weight is 692 g/mol. The third kappa shape index (κ3) is 7.38. The number of rotatable bonds is 9. The van der Waals surface area contributed by atoms with Crippen LogP contribution in [0, 0.1) is 29.3 Å². The number of carbonyl (C=O) groups excluding carboxylic acids is 3. The summed E-state index contributed by atoms with van der Waals surface area (Å²) in [5.74, 6) is -10.0. The van der Waals surface area contributed by atoms with Crippen molar-refractivity contribution < 1.29 is 36.3 Å². The molecule has 0 aromatic heterocycles. The molecular weight excluding hydrogens is 675 g/mol. The van der Waals surface area contributed by atoms with Gasteiger partial charge in [-0.3, -0.25) is 14.4 Å². The van der Waals surface area contributed by atoms with Gasteiger partial charge >= 0.3 is 6.43 Å². The monoisotopic (exact) mass is 689 g/mol. The Kier molecular flexibility index (Phi) is 10.6. The summed E-state index contributed by atoms with van der Waals surface area (Å²) in [7, 11) is 0. The standard InChI is InChI=1S/C26H17Cl5F5N3O3/c1-9(3-4-13(28)10(2)27)17-18(26(17,30)31)24(41)37-11-7-12(19(29)15(33)8-11)23(40)39-21-14(32)5-6-16(20(21)34)38-25(42)22(35)36/h3-8,17-18,22H,1H2,2H3,(H,37,41)(H,38,42)(H,39,40)/b4-3-,13-10-/t17-,18+/m0/s1. The minimum atomic E-state index is -3.51. The van der Waals surface area contributed by atoms with Crippen molar-refractivity contribution in [1.29, 1.82) is 0 Å². The Morgan fingerprint density at radius 3 is 2.21 bits per heavy atom. The van der Waals surface area contributed by atoms with Crippen molar-refractivity contribution in [3.8, 4) is 0 Å². The van der Waals surface area contributed by atoms with Gasteiger partial charge in [-0.2, -0.15) is 8.78 Å². The molecule has 1 aliphatic carbocycles. The number of nitrogens with one attached hydrogen (secondary N) is 3. The highest BCUT2D eigenvalue weighted by Crippen LogP contribution is 2.62. The van der Waals surface area contributed by atoms with Crippen LogP contribution in [0.1, 0.15) is 17.3 Å². The maximum Gasteiger partial charge on any atom is 0.315 e. The van der Waals surface area contributed by atoms with Crippen LogP contribution in [0.25, 0.3) is 0 Å². The van der Waals surface area contributed by atoms with Gasteiger partial charge in [0.05, 0.1) is 27.2 Å². The van der Waals surface area contributed by atoms with Crippen LogP contribution in [0.5, 0.6) is 0 Å². The van der Waals surface area contributed by atoms with E-state index in [0.717, 1.165) is 12.1 Å². The molecule has 1 fully saturated rings. The van der Waals surface area contributed by atoms with Crippen LogP contribution in [0.2, 0.25) is 5.02 Å². The highest BCUT2D eigenvalue weighted by molar-refractivity contribution is 6.53. The molecule has 0 unspecified atom stereocenters. The Labute approximate surface area is 260 Å². The van der Waals surface area contributed by atoms with E-state index in [1.54, 1.807) is 6.92 Å². The number of hydrogen-bond donors (Lipinski definition) is 3. The van der Waals surface area contributed by atoms with Gasteiger partial charge in [0.25, 0.3) is 11.8 Å². The lowest BCUT2D eigenvalue weighted by molar-refractivity contribution is -0.126. The third-order valence-corrected chi connectivity index (χ3v) is 7.87. The van der Waals surface area contributed by atoms with E-state index < -0.39 is 79.7 Å². The van der Waals surface area contributed by atoms with Crippen LogP contribution >= 0.6 is 58.0 Å². The van der Waals surface area contributed by atoms with Gasteiger partial charge in [-0.15, -0.1) is 23.2 Å². The minimum absolute atomic E-state index is 0.209. The quantitative estimate of drug-likeness (QED) is 0.140. The van der Waals surface area contributed by atoms with Gasteiger partial charge in [-0.25, -0.2) is 13.2 Å². The molecule has 0 bridgehead atoms. The molecule has 16 heteroatoms. The fourth-order valence-electron chi connectivity index (χ4n) is 3.69. The van der Waals surface area contributed by atoms with Gasteiger partial charge in [0.2, 0.25) is 5.91 Å². The van der Waals surface area contributed by atoms with Crippen molar-refractivity contribution in [3.63, 3.8) is 0 Å². The van der Waals surface area contributed by atoms with E-state index in [1.807, 2.05) is 5.32 Å². The second-order valence-electron chi connectivity index (χ2n) is 8.76. The lowest BCUT2D eigenvalue weighted by Crippen LogP contribution is -2.22. The molecule has 2 aromatic carbocycles. The van der Waals surface area contributed by atoms with Crippen LogP contribution in [-0.4, -0.2) is 28.5 Å². The van der Waals surface area contributed by atoms with Crippen LogP contribution in [0.3, 0.4) is 0 Å². The van der Waals surface area contributed by atoms with Crippen molar-refractivity contribution in [2.24, 2.45) is 11.8 Å². The van der Waals surface area contributed by atoms with E-state index in [9.17, 15) is 36.3 Å². The summed E-state index contributed by atoms with van der Waals surface area (Å²) >= 11 is 30.2. The zero-order valence-corrected chi connectivity index (χ0v) is 24.7. The normalized spacial score (nSPS) is 18.0. The highest BCUT2D eigenvalue weighted by atomic mass is 35.5. The Bertz CT molecular complexity index is 1540. The van der Waals surface area contributed by atoms with E-state index >= 15 is 0 Å². The first-order chi connectivity index (χ1) is 19.5. The molecule has 0 spiro atoms. The Hall–Kier alpha value is -2.83. The number of amides is 3. The summed E-state index contributed by atoms with van der Waals surface area (Å²) in [6, 6.07) is 2.90. The lowest BCUT2D eigenvalue weighted by Gasteiger charge is -2.14. The maximum absolute atomic E-state index is 14.7. The first kappa shape index (κ1) is 33.7. The first-order valence-electron chi connectivity index (χ1n) is 11.4. The number of alkyl halides is 4. The van der Waals surface area contributed by atoms with Crippen molar-refractivity contribution in [3.05, 3.63) is 86.7 Å².